The molecule has 4 N–H and O–H groups in total. The van der Waals surface area contributed by atoms with Gasteiger partial charge in [-0.05, 0) is 36.6 Å². The van der Waals surface area contributed by atoms with Crippen LogP contribution in [0.15, 0.2) is 76.9 Å². The van der Waals surface area contributed by atoms with Crippen molar-refractivity contribution in [3.63, 3.8) is 0 Å². The summed E-state index contributed by atoms with van der Waals surface area (Å²) in [4.78, 5) is 49.4. The number of piperidine rings is 1. The molecule has 1 unspecified atom stereocenters. The second kappa shape index (κ2) is 15.4. The van der Waals surface area contributed by atoms with Crippen molar-refractivity contribution in [2.45, 2.75) is 31.1 Å². The van der Waals surface area contributed by atoms with Crippen molar-refractivity contribution in [1.82, 2.24) is 24.7 Å². The van der Waals surface area contributed by atoms with Crippen LogP contribution in [0.3, 0.4) is 0 Å². The highest BCUT2D eigenvalue weighted by atomic mass is 32.1. The fraction of sp³-hybridized carbons (Fsp3) is 0.351. The average molecular weight is 746 g/mol. The zero-order valence-corrected chi connectivity index (χ0v) is 29.9. The number of hydrogen-bond donors (Lipinski definition) is 4. The molecule has 13 nitrogen and oxygen atoms in total. The first-order valence-corrected chi connectivity index (χ1v) is 18.7. The number of rotatable bonds is 11. The number of morpholine rings is 1. The smallest absolute Gasteiger partial charge is 0.407 e. The fourth-order valence-corrected chi connectivity index (χ4v) is 8.49. The van der Waals surface area contributed by atoms with Crippen LogP contribution in [0.25, 0.3) is 20.8 Å². The van der Waals surface area contributed by atoms with Gasteiger partial charge in [-0.25, -0.2) is 9.78 Å². The number of thiazole rings is 2. The summed E-state index contributed by atoms with van der Waals surface area (Å²) in [5.41, 5.74) is 2.42. The molecule has 52 heavy (non-hydrogen) atoms. The Kier molecular flexibility index (Phi) is 10.6. The highest BCUT2D eigenvalue weighted by Gasteiger charge is 2.41. The number of aliphatic hydroxyl groups excluding tert-OH is 1. The zero-order valence-electron chi connectivity index (χ0n) is 28.3. The maximum atomic E-state index is 13.4. The molecule has 2 aromatic heterocycles. The Morgan fingerprint density at radius 2 is 1.83 bits per heavy atom. The van der Waals surface area contributed by atoms with E-state index in [1.807, 2.05) is 40.6 Å². The van der Waals surface area contributed by atoms with Gasteiger partial charge < -0.3 is 39.6 Å². The number of hydrogen-bond acceptors (Lipinski definition) is 11. The maximum absolute atomic E-state index is 13.4. The standard InChI is InChI=1S/C37H39N5O8S2/c43-29-11-10-27(32-31(29)39-35(46)52-32)30(44)21-42(36(47)48)20-24-6-8-26(9-7-24)49-18-16-40-14-12-37(13-15-40)23-41(17-19-50-37)34(45)28-22-51-33(38-28)25-4-2-1-3-5-25/h1-11,22,30,43-44H,12-21,23H2,(H,39,46)(H,47,48). The summed E-state index contributed by atoms with van der Waals surface area (Å²) in [6, 6.07) is 19.9. The van der Waals surface area contributed by atoms with Gasteiger partial charge in [0.1, 0.15) is 34.3 Å². The monoisotopic (exact) mass is 745 g/mol. The topological polar surface area (TPSA) is 169 Å². The molecule has 2 saturated heterocycles. The minimum atomic E-state index is -1.21. The van der Waals surface area contributed by atoms with E-state index in [2.05, 4.69) is 14.9 Å². The van der Waals surface area contributed by atoms with E-state index < -0.39 is 12.2 Å². The number of phenols is 1. The molecule has 2 aliphatic heterocycles. The summed E-state index contributed by atoms with van der Waals surface area (Å²) < 4.78 is 12.7. The van der Waals surface area contributed by atoms with Gasteiger partial charge in [-0.1, -0.05) is 59.9 Å². The van der Waals surface area contributed by atoms with Crippen LogP contribution in [-0.2, 0) is 11.3 Å². The van der Waals surface area contributed by atoms with E-state index in [9.17, 15) is 29.7 Å². The lowest BCUT2D eigenvalue weighted by molar-refractivity contribution is -0.127. The Morgan fingerprint density at radius 1 is 1.06 bits per heavy atom. The minimum Gasteiger partial charge on any atom is -0.506 e. The van der Waals surface area contributed by atoms with Crippen LogP contribution in [-0.4, -0.2) is 110 Å². The number of benzene rings is 3. The van der Waals surface area contributed by atoms with E-state index in [0.29, 0.717) is 48.0 Å². The Hall–Kier alpha value is -4.80. The molecule has 15 heteroatoms. The predicted molar refractivity (Wildman–Crippen MR) is 197 cm³/mol. The first-order valence-electron chi connectivity index (χ1n) is 17.1. The lowest BCUT2D eigenvalue weighted by Gasteiger charge is -2.47. The number of carboxylic acid groups (broad SMARTS) is 1. The van der Waals surface area contributed by atoms with Gasteiger partial charge in [-0.2, -0.15) is 0 Å². The van der Waals surface area contributed by atoms with Crippen molar-refractivity contribution >= 4 is 44.9 Å². The summed E-state index contributed by atoms with van der Waals surface area (Å²) in [6.45, 7) is 4.28. The van der Waals surface area contributed by atoms with E-state index in [1.165, 1.54) is 23.5 Å². The van der Waals surface area contributed by atoms with Crippen molar-refractivity contribution in [2.75, 3.05) is 52.5 Å². The number of likely N-dealkylation sites (tertiary alicyclic amines) is 1. The number of H-pyrrole nitrogens is 1. The van der Waals surface area contributed by atoms with Gasteiger partial charge in [-0.15, -0.1) is 11.3 Å². The summed E-state index contributed by atoms with van der Waals surface area (Å²) >= 11 is 2.33. The van der Waals surface area contributed by atoms with Gasteiger partial charge in [-0.3, -0.25) is 14.5 Å². The van der Waals surface area contributed by atoms with Crippen LogP contribution in [0.2, 0.25) is 0 Å². The highest BCUT2D eigenvalue weighted by molar-refractivity contribution is 7.16. The van der Waals surface area contributed by atoms with Crippen LogP contribution in [0, 0.1) is 0 Å². The van der Waals surface area contributed by atoms with Gasteiger partial charge in [0.05, 0.1) is 36.1 Å². The van der Waals surface area contributed by atoms with Crippen molar-refractivity contribution in [2.24, 2.45) is 0 Å². The molecule has 7 rings (SSSR count). The molecule has 0 saturated carbocycles. The van der Waals surface area contributed by atoms with Crippen LogP contribution >= 0.6 is 22.7 Å². The van der Waals surface area contributed by atoms with Crippen LogP contribution < -0.4 is 9.61 Å². The molecule has 0 radical (unpaired) electrons. The van der Waals surface area contributed by atoms with Crippen LogP contribution in [0.1, 0.15) is 40.6 Å². The Bertz CT molecular complexity index is 2070. The number of fused-ring (bicyclic) bond motifs is 1. The third-order valence-electron chi connectivity index (χ3n) is 9.63. The number of aromatic amines is 1. The average Bonchev–Trinajstić information content (AvgIpc) is 3.81. The summed E-state index contributed by atoms with van der Waals surface area (Å²) in [5, 5.41) is 33.5. The number of carbonyl (C=O) groups excluding carboxylic acids is 1. The van der Waals surface area contributed by atoms with E-state index >= 15 is 0 Å². The summed E-state index contributed by atoms with van der Waals surface area (Å²) in [6.07, 6.45) is -0.776. The van der Waals surface area contributed by atoms with E-state index in [0.717, 1.165) is 64.8 Å². The van der Waals surface area contributed by atoms with Crippen LogP contribution in [0.4, 0.5) is 4.79 Å². The molecule has 3 aromatic carbocycles. The van der Waals surface area contributed by atoms with Gasteiger partial charge in [0.2, 0.25) is 0 Å². The normalized spacial score (nSPS) is 16.6. The zero-order chi connectivity index (χ0) is 36.2. The molecule has 1 spiro atoms. The highest BCUT2D eigenvalue weighted by Crippen LogP contribution is 2.33. The molecular formula is C37H39N5O8S2. The number of aromatic nitrogens is 2. The van der Waals surface area contributed by atoms with Crippen molar-refractivity contribution in [3.8, 4) is 22.1 Å². The molecule has 0 bridgehead atoms. The number of carbonyl (C=O) groups is 2. The second-order valence-electron chi connectivity index (χ2n) is 13.1. The summed E-state index contributed by atoms with van der Waals surface area (Å²) in [5.74, 6) is 0.492. The van der Waals surface area contributed by atoms with Gasteiger partial charge in [0, 0.05) is 49.2 Å². The molecule has 2 amide bonds. The van der Waals surface area contributed by atoms with Gasteiger partial charge in [0.25, 0.3) is 5.91 Å². The molecule has 0 aliphatic carbocycles. The maximum Gasteiger partial charge on any atom is 0.407 e. The number of nitrogens with zero attached hydrogens (tertiary/aromatic N) is 4. The molecular weight excluding hydrogens is 707 g/mol. The van der Waals surface area contributed by atoms with Crippen molar-refractivity contribution in [3.05, 3.63) is 98.6 Å². The van der Waals surface area contributed by atoms with Crippen molar-refractivity contribution in [1.29, 1.82) is 0 Å². The van der Waals surface area contributed by atoms with Gasteiger partial charge >= 0.3 is 11.0 Å². The molecule has 1 atom stereocenters. The molecule has 5 aromatic rings. The van der Waals surface area contributed by atoms with Crippen molar-refractivity contribution < 1.29 is 34.4 Å². The first-order chi connectivity index (χ1) is 25.2. The van der Waals surface area contributed by atoms with E-state index in [-0.39, 0.29) is 40.7 Å². The lowest BCUT2D eigenvalue weighted by atomic mass is 9.89. The number of aliphatic hydroxyl groups is 1. The van der Waals surface area contributed by atoms with Gasteiger partial charge in [0.15, 0.2) is 0 Å². The Balaban J connectivity index is 0.865. The fourth-order valence-electron chi connectivity index (χ4n) is 6.78. The quantitative estimate of drug-likeness (QED) is 0.144. The second-order valence-corrected chi connectivity index (χ2v) is 14.9. The Labute approximate surface area is 307 Å². The third-order valence-corrected chi connectivity index (χ3v) is 11.5. The van der Waals surface area contributed by atoms with Crippen LogP contribution in [0.5, 0.6) is 11.5 Å². The minimum absolute atomic E-state index is 0.0381. The number of ether oxygens (including phenoxy) is 2. The number of phenolic OH excluding ortho intramolecular Hbond substituents is 1. The number of aromatic hydroxyl groups is 1. The summed E-state index contributed by atoms with van der Waals surface area (Å²) in [7, 11) is 0. The van der Waals surface area contributed by atoms with E-state index in [1.54, 1.807) is 24.3 Å². The predicted octanol–water partition coefficient (Wildman–Crippen LogP) is 5.02. The first kappa shape index (κ1) is 35.6. The molecule has 2 fully saturated rings. The molecule has 4 heterocycles. The molecule has 272 valence electrons. The third kappa shape index (κ3) is 7.98. The number of amides is 2. The largest absolute Gasteiger partial charge is 0.506 e. The SMILES string of the molecule is O=C(O)N(Cc1ccc(OCCN2CCC3(CC2)CN(C(=O)c2csc(-c4ccccc4)n2)CCO3)cc1)CC(O)c1ccc(O)c2[nH]c(=O)sc12. The Morgan fingerprint density at radius 3 is 2.58 bits per heavy atom. The molecule has 2 aliphatic rings. The van der Waals surface area contributed by atoms with E-state index in [4.69, 9.17) is 9.47 Å². The lowest BCUT2D eigenvalue weighted by Crippen LogP contribution is -2.58. The number of nitrogens with one attached hydrogen (secondary N) is 1.